The second kappa shape index (κ2) is 8.89. The van der Waals surface area contributed by atoms with Crippen LogP contribution in [0, 0.1) is 0 Å². The maximum atomic E-state index is 9.88. The van der Waals surface area contributed by atoms with Gasteiger partial charge in [-0.1, -0.05) is 37.0 Å². The van der Waals surface area contributed by atoms with Crippen LogP contribution in [0.1, 0.15) is 19.3 Å². The van der Waals surface area contributed by atoms with Crippen LogP contribution in [0.3, 0.4) is 0 Å². The van der Waals surface area contributed by atoms with E-state index in [4.69, 9.17) is 0 Å². The Balaban J connectivity index is 3.22. The molecule has 0 aromatic heterocycles. The summed E-state index contributed by atoms with van der Waals surface area (Å²) in [5.41, 5.74) is 0. The van der Waals surface area contributed by atoms with Crippen molar-refractivity contribution in [2.75, 3.05) is 0 Å². The van der Waals surface area contributed by atoms with Crippen LogP contribution < -0.4 is 0 Å². The highest BCUT2D eigenvalue weighted by Gasteiger charge is 1.75. The van der Waals surface area contributed by atoms with E-state index in [1.54, 1.807) is 6.08 Å². The second-order valence-corrected chi connectivity index (χ2v) is 2.11. The van der Waals surface area contributed by atoms with Crippen LogP contribution in [0.4, 0.5) is 0 Å². The van der Waals surface area contributed by atoms with Crippen LogP contribution >= 0.6 is 0 Å². The number of carbonyl (C=O) groups excluding carboxylic acids is 1. The first-order valence-electron chi connectivity index (χ1n) is 3.78. The minimum Gasteiger partial charge on any atom is -0.303 e. The predicted octanol–water partition coefficient (Wildman–Crippen LogP) is 2.65. The highest BCUT2D eigenvalue weighted by atomic mass is 16.1. The lowest BCUT2D eigenvalue weighted by molar-refractivity contribution is -0.107. The molecule has 0 N–H and O–H groups in total. The quantitative estimate of drug-likeness (QED) is 0.246. The van der Waals surface area contributed by atoms with Crippen molar-refractivity contribution in [3.8, 4) is 0 Å². The van der Waals surface area contributed by atoms with E-state index in [1.165, 1.54) is 0 Å². The van der Waals surface area contributed by atoms with Gasteiger partial charge in [0, 0.05) is 6.42 Å². The van der Waals surface area contributed by atoms with Gasteiger partial charge >= 0.3 is 0 Å². The van der Waals surface area contributed by atoms with Crippen molar-refractivity contribution in [2.45, 2.75) is 19.3 Å². The van der Waals surface area contributed by atoms with Gasteiger partial charge in [0.1, 0.15) is 6.29 Å². The zero-order valence-corrected chi connectivity index (χ0v) is 6.70. The van der Waals surface area contributed by atoms with Gasteiger partial charge in [-0.25, -0.2) is 0 Å². The molecule has 0 bridgehead atoms. The Morgan fingerprint density at radius 2 is 1.91 bits per heavy atom. The molecule has 0 amide bonds. The third-order valence-corrected chi connectivity index (χ3v) is 1.16. The Labute approximate surface area is 68.1 Å². The van der Waals surface area contributed by atoms with Gasteiger partial charge in [0.15, 0.2) is 0 Å². The molecule has 11 heavy (non-hydrogen) atoms. The highest BCUT2D eigenvalue weighted by Crippen LogP contribution is 1.91. The molecule has 0 aliphatic heterocycles. The Morgan fingerprint density at radius 1 is 1.09 bits per heavy atom. The van der Waals surface area contributed by atoms with E-state index in [9.17, 15) is 4.79 Å². The van der Waals surface area contributed by atoms with Gasteiger partial charge in [0.25, 0.3) is 0 Å². The van der Waals surface area contributed by atoms with E-state index in [2.05, 4.69) is 6.58 Å². The van der Waals surface area contributed by atoms with E-state index in [0.717, 1.165) is 19.1 Å². The summed E-state index contributed by atoms with van der Waals surface area (Å²) in [5, 5.41) is 0. The van der Waals surface area contributed by atoms with Crippen LogP contribution in [0.2, 0.25) is 0 Å². The number of carbonyl (C=O) groups is 1. The van der Waals surface area contributed by atoms with Crippen LogP contribution in [-0.2, 0) is 4.79 Å². The summed E-state index contributed by atoms with van der Waals surface area (Å²) in [5.74, 6) is 0. The van der Waals surface area contributed by atoms with Crippen LogP contribution in [-0.4, -0.2) is 6.29 Å². The molecule has 0 aliphatic carbocycles. The fourth-order valence-electron chi connectivity index (χ4n) is 0.632. The van der Waals surface area contributed by atoms with Gasteiger partial charge in [0.2, 0.25) is 0 Å². The van der Waals surface area contributed by atoms with Crippen molar-refractivity contribution in [2.24, 2.45) is 0 Å². The number of allylic oxidation sites excluding steroid dienone is 5. The van der Waals surface area contributed by atoms with E-state index in [0.29, 0.717) is 6.42 Å². The number of rotatable bonds is 6. The molecule has 0 radical (unpaired) electrons. The molecule has 0 aromatic rings. The largest absolute Gasteiger partial charge is 0.303 e. The molecule has 0 unspecified atom stereocenters. The molecule has 1 nitrogen and oxygen atoms in total. The summed E-state index contributed by atoms with van der Waals surface area (Å²) < 4.78 is 0. The zero-order chi connectivity index (χ0) is 8.36. The molecule has 0 aliphatic rings. The zero-order valence-electron chi connectivity index (χ0n) is 6.70. The lowest BCUT2D eigenvalue weighted by atomic mass is 10.2. The topological polar surface area (TPSA) is 17.1 Å². The van der Waals surface area contributed by atoms with Gasteiger partial charge in [-0.15, -0.1) is 0 Å². The van der Waals surface area contributed by atoms with Crippen LogP contribution in [0.5, 0.6) is 0 Å². The van der Waals surface area contributed by atoms with Gasteiger partial charge in [-0.3, -0.25) is 0 Å². The molecular formula is C10H14O. The van der Waals surface area contributed by atoms with Crippen molar-refractivity contribution in [1.29, 1.82) is 0 Å². The predicted molar refractivity (Wildman–Crippen MR) is 48.4 cm³/mol. The van der Waals surface area contributed by atoms with Crippen LogP contribution in [0.15, 0.2) is 37.0 Å². The highest BCUT2D eigenvalue weighted by molar-refractivity contribution is 5.49. The van der Waals surface area contributed by atoms with Crippen LogP contribution in [0.25, 0.3) is 0 Å². The normalized spacial score (nSPS) is 10.9. The number of unbranched alkanes of at least 4 members (excludes halogenated alkanes) is 1. The Hall–Kier alpha value is -1.11. The summed E-state index contributed by atoms with van der Waals surface area (Å²) in [4.78, 5) is 9.88. The monoisotopic (exact) mass is 150 g/mol. The fourth-order valence-corrected chi connectivity index (χ4v) is 0.632. The van der Waals surface area contributed by atoms with Crippen molar-refractivity contribution >= 4 is 6.29 Å². The SMILES string of the molecule is C=CC=CCC=CCCC=O. The van der Waals surface area contributed by atoms with Gasteiger partial charge in [0.05, 0.1) is 0 Å². The first-order chi connectivity index (χ1) is 5.41. The molecule has 0 atom stereocenters. The number of hydrogen-bond donors (Lipinski definition) is 0. The van der Waals surface area contributed by atoms with E-state index in [1.807, 2.05) is 24.3 Å². The minimum atomic E-state index is 0.627. The molecule has 60 valence electrons. The molecular weight excluding hydrogens is 136 g/mol. The Bertz CT molecular complexity index is 154. The van der Waals surface area contributed by atoms with Crippen molar-refractivity contribution in [1.82, 2.24) is 0 Å². The molecule has 1 heteroatoms. The Morgan fingerprint density at radius 3 is 2.55 bits per heavy atom. The van der Waals surface area contributed by atoms with E-state index >= 15 is 0 Å². The Kier molecular flexibility index (Phi) is 7.99. The molecule has 0 heterocycles. The van der Waals surface area contributed by atoms with Gasteiger partial charge in [-0.2, -0.15) is 0 Å². The second-order valence-electron chi connectivity index (χ2n) is 2.11. The average molecular weight is 150 g/mol. The molecule has 0 spiro atoms. The first kappa shape index (κ1) is 9.89. The van der Waals surface area contributed by atoms with Crippen molar-refractivity contribution in [3.05, 3.63) is 37.0 Å². The van der Waals surface area contributed by atoms with Gasteiger partial charge in [-0.05, 0) is 12.8 Å². The lowest BCUT2D eigenvalue weighted by Gasteiger charge is -1.81. The first-order valence-corrected chi connectivity index (χ1v) is 3.78. The standard InChI is InChI=1S/C10H14O/c1-2-3-4-5-6-7-8-9-10-11/h2-4,6-7,10H,1,5,8-9H2. The molecule has 0 saturated heterocycles. The van der Waals surface area contributed by atoms with Crippen molar-refractivity contribution < 1.29 is 4.79 Å². The third kappa shape index (κ3) is 8.89. The summed E-state index contributed by atoms with van der Waals surface area (Å²) in [6, 6.07) is 0. The number of hydrogen-bond acceptors (Lipinski definition) is 1. The summed E-state index contributed by atoms with van der Waals surface area (Å²) in [6.07, 6.45) is 13.1. The molecule has 0 saturated carbocycles. The third-order valence-electron chi connectivity index (χ3n) is 1.16. The smallest absolute Gasteiger partial charge is 0.120 e. The summed E-state index contributed by atoms with van der Waals surface area (Å²) >= 11 is 0. The maximum Gasteiger partial charge on any atom is 0.120 e. The molecule has 0 aromatic carbocycles. The lowest BCUT2D eigenvalue weighted by Crippen LogP contribution is -1.69. The molecule has 0 rings (SSSR count). The maximum absolute atomic E-state index is 9.88. The summed E-state index contributed by atoms with van der Waals surface area (Å²) in [6.45, 7) is 3.55. The minimum absolute atomic E-state index is 0.627. The summed E-state index contributed by atoms with van der Waals surface area (Å²) in [7, 11) is 0. The average Bonchev–Trinajstić information content (AvgIpc) is 2.03. The molecule has 0 fully saturated rings. The fraction of sp³-hybridized carbons (Fsp3) is 0.300. The van der Waals surface area contributed by atoms with E-state index in [-0.39, 0.29) is 0 Å². The van der Waals surface area contributed by atoms with Gasteiger partial charge < -0.3 is 4.79 Å². The van der Waals surface area contributed by atoms with Crippen molar-refractivity contribution in [3.63, 3.8) is 0 Å². The van der Waals surface area contributed by atoms with E-state index < -0.39 is 0 Å². The number of aldehydes is 1.